The molecule has 1 aliphatic heterocycles. The minimum absolute atomic E-state index is 0.115. The van der Waals surface area contributed by atoms with Crippen LogP contribution in [0.25, 0.3) is 0 Å². The fourth-order valence-electron chi connectivity index (χ4n) is 1.75. The zero-order chi connectivity index (χ0) is 11.5. The Morgan fingerprint density at radius 3 is 2.50 bits per heavy atom. The van der Waals surface area contributed by atoms with Gasteiger partial charge < -0.3 is 10.1 Å². The molecule has 0 aromatic heterocycles. The van der Waals surface area contributed by atoms with E-state index in [9.17, 15) is 13.2 Å². The van der Waals surface area contributed by atoms with Crippen molar-refractivity contribution in [2.45, 2.75) is 18.9 Å². The topological polar surface area (TPSA) is 21.3 Å². The lowest BCUT2D eigenvalue weighted by atomic mass is 10.2. The predicted octanol–water partition coefficient (Wildman–Crippen LogP) is 2.23. The van der Waals surface area contributed by atoms with Gasteiger partial charge >= 0.3 is 0 Å². The first-order valence-electron chi connectivity index (χ1n) is 5.17. The predicted molar refractivity (Wildman–Crippen MR) is 52.8 cm³/mol. The minimum atomic E-state index is -1.00. The van der Waals surface area contributed by atoms with Crippen LogP contribution in [0.2, 0.25) is 0 Å². The maximum absolute atomic E-state index is 13.2. The van der Waals surface area contributed by atoms with E-state index in [-0.39, 0.29) is 12.6 Å². The molecular weight excluding hydrogens is 219 g/mol. The monoisotopic (exact) mass is 231 g/mol. The summed E-state index contributed by atoms with van der Waals surface area (Å²) in [4.78, 5) is 0. The number of benzene rings is 1. The summed E-state index contributed by atoms with van der Waals surface area (Å²) in [5, 5.41) is 3.13. The van der Waals surface area contributed by atoms with E-state index in [4.69, 9.17) is 4.74 Å². The van der Waals surface area contributed by atoms with Crippen molar-refractivity contribution in [2.75, 3.05) is 13.2 Å². The number of hydrogen-bond acceptors (Lipinski definition) is 2. The molecule has 1 aromatic carbocycles. The van der Waals surface area contributed by atoms with Crippen LogP contribution in [0.3, 0.4) is 0 Å². The summed E-state index contributed by atoms with van der Waals surface area (Å²) in [5.74, 6) is -3.46. The van der Waals surface area contributed by atoms with E-state index in [0.29, 0.717) is 12.1 Å². The van der Waals surface area contributed by atoms with Gasteiger partial charge in [0.05, 0.1) is 0 Å². The molecule has 0 amide bonds. The minimum Gasteiger partial charge on any atom is -0.486 e. The molecule has 88 valence electrons. The standard InChI is InChI=1S/C11H12F3NO/c12-7-4-9(13)11(10(14)5-7)16-6-8-2-1-3-15-8/h4-5,8,15H,1-3,6H2. The smallest absolute Gasteiger partial charge is 0.190 e. The summed E-state index contributed by atoms with van der Waals surface area (Å²) in [6, 6.07) is 1.34. The second-order valence-electron chi connectivity index (χ2n) is 3.80. The van der Waals surface area contributed by atoms with Gasteiger partial charge in [-0.15, -0.1) is 0 Å². The molecule has 0 spiro atoms. The van der Waals surface area contributed by atoms with Crippen LogP contribution in [-0.2, 0) is 0 Å². The van der Waals surface area contributed by atoms with E-state index in [0.717, 1.165) is 19.4 Å². The van der Waals surface area contributed by atoms with Crippen LogP contribution in [0.15, 0.2) is 12.1 Å². The van der Waals surface area contributed by atoms with Gasteiger partial charge in [0.2, 0.25) is 0 Å². The largest absolute Gasteiger partial charge is 0.486 e. The summed E-state index contributed by atoms with van der Waals surface area (Å²) in [6.07, 6.45) is 1.95. The molecule has 0 bridgehead atoms. The molecule has 0 radical (unpaired) electrons. The highest BCUT2D eigenvalue weighted by molar-refractivity contribution is 5.27. The summed E-state index contributed by atoms with van der Waals surface area (Å²) in [5.41, 5.74) is 0. The first-order chi connectivity index (χ1) is 7.66. The highest BCUT2D eigenvalue weighted by Crippen LogP contribution is 2.23. The summed E-state index contributed by atoms with van der Waals surface area (Å²) < 4.78 is 43.9. The van der Waals surface area contributed by atoms with Crippen LogP contribution in [0.1, 0.15) is 12.8 Å². The molecule has 2 rings (SSSR count). The Morgan fingerprint density at radius 1 is 1.25 bits per heavy atom. The average Bonchev–Trinajstić information content (AvgIpc) is 2.68. The molecule has 1 N–H and O–H groups in total. The second kappa shape index (κ2) is 4.74. The van der Waals surface area contributed by atoms with Gasteiger partial charge in [-0.3, -0.25) is 0 Å². The zero-order valence-corrected chi connectivity index (χ0v) is 8.60. The van der Waals surface area contributed by atoms with Crippen LogP contribution in [0.4, 0.5) is 13.2 Å². The number of nitrogens with one attached hydrogen (secondary N) is 1. The Balaban J connectivity index is 2.03. The third kappa shape index (κ3) is 2.47. The van der Waals surface area contributed by atoms with Crippen molar-refractivity contribution in [3.05, 3.63) is 29.6 Å². The molecule has 1 aliphatic rings. The summed E-state index contributed by atoms with van der Waals surface area (Å²) >= 11 is 0. The Morgan fingerprint density at radius 2 is 1.94 bits per heavy atom. The lowest BCUT2D eigenvalue weighted by Gasteiger charge is -2.13. The van der Waals surface area contributed by atoms with Gasteiger partial charge in [0.1, 0.15) is 12.4 Å². The first-order valence-corrected chi connectivity index (χ1v) is 5.17. The molecule has 1 heterocycles. The second-order valence-corrected chi connectivity index (χ2v) is 3.80. The molecule has 1 aromatic rings. The Labute approximate surface area is 91.4 Å². The van der Waals surface area contributed by atoms with E-state index in [1.54, 1.807) is 0 Å². The molecule has 1 atom stereocenters. The molecule has 0 aliphatic carbocycles. The van der Waals surface area contributed by atoms with Gasteiger partial charge in [-0.2, -0.15) is 0 Å². The molecule has 1 fully saturated rings. The van der Waals surface area contributed by atoms with Crippen LogP contribution in [-0.4, -0.2) is 19.2 Å². The van der Waals surface area contributed by atoms with E-state index in [1.807, 2.05) is 0 Å². The molecule has 2 nitrogen and oxygen atoms in total. The van der Waals surface area contributed by atoms with Gasteiger partial charge in [-0.1, -0.05) is 0 Å². The molecule has 5 heteroatoms. The van der Waals surface area contributed by atoms with Crippen LogP contribution in [0, 0.1) is 17.5 Å². The fraction of sp³-hybridized carbons (Fsp3) is 0.455. The highest BCUT2D eigenvalue weighted by atomic mass is 19.1. The normalized spacial score (nSPS) is 20.1. The summed E-state index contributed by atoms with van der Waals surface area (Å²) in [6.45, 7) is 1.09. The first kappa shape index (κ1) is 11.3. The van der Waals surface area contributed by atoms with Crippen LogP contribution in [0.5, 0.6) is 5.75 Å². The van der Waals surface area contributed by atoms with Crippen LogP contribution >= 0.6 is 0 Å². The Hall–Kier alpha value is -1.23. The number of ether oxygens (including phenoxy) is 1. The van der Waals surface area contributed by atoms with Crippen molar-refractivity contribution < 1.29 is 17.9 Å². The molecule has 1 unspecified atom stereocenters. The van der Waals surface area contributed by atoms with E-state index >= 15 is 0 Å². The fourth-order valence-corrected chi connectivity index (χ4v) is 1.75. The summed E-state index contributed by atoms with van der Waals surface area (Å²) in [7, 11) is 0. The lowest BCUT2D eigenvalue weighted by Crippen LogP contribution is -2.28. The third-order valence-electron chi connectivity index (χ3n) is 2.55. The molecular formula is C11H12F3NO. The maximum atomic E-state index is 13.2. The van der Waals surface area contributed by atoms with Crippen molar-refractivity contribution in [2.24, 2.45) is 0 Å². The lowest BCUT2D eigenvalue weighted by molar-refractivity contribution is 0.252. The van der Waals surface area contributed by atoms with Gasteiger partial charge in [-0.25, -0.2) is 13.2 Å². The highest BCUT2D eigenvalue weighted by Gasteiger charge is 2.18. The van der Waals surface area contributed by atoms with Gasteiger partial charge in [0, 0.05) is 18.2 Å². The van der Waals surface area contributed by atoms with Crippen LogP contribution < -0.4 is 10.1 Å². The van der Waals surface area contributed by atoms with Crippen molar-refractivity contribution >= 4 is 0 Å². The van der Waals surface area contributed by atoms with Gasteiger partial charge in [0.25, 0.3) is 0 Å². The number of rotatable bonds is 3. The van der Waals surface area contributed by atoms with Gasteiger partial charge in [-0.05, 0) is 19.4 Å². The average molecular weight is 231 g/mol. The van der Waals surface area contributed by atoms with Crippen molar-refractivity contribution in [3.8, 4) is 5.75 Å². The van der Waals surface area contributed by atoms with Crippen molar-refractivity contribution in [1.82, 2.24) is 5.32 Å². The Kier molecular flexibility index (Phi) is 3.33. The quantitative estimate of drug-likeness (QED) is 0.861. The SMILES string of the molecule is Fc1cc(F)c(OCC2CCCN2)c(F)c1. The molecule has 1 saturated heterocycles. The Bertz CT molecular complexity index is 354. The van der Waals surface area contributed by atoms with Gasteiger partial charge in [0.15, 0.2) is 17.4 Å². The molecule has 16 heavy (non-hydrogen) atoms. The van der Waals surface area contributed by atoms with Crippen molar-refractivity contribution in [1.29, 1.82) is 0 Å². The van der Waals surface area contributed by atoms with E-state index in [2.05, 4.69) is 5.32 Å². The molecule has 0 saturated carbocycles. The van der Waals surface area contributed by atoms with Crippen molar-refractivity contribution in [3.63, 3.8) is 0 Å². The van der Waals surface area contributed by atoms with E-state index < -0.39 is 23.2 Å². The zero-order valence-electron chi connectivity index (χ0n) is 8.60. The number of hydrogen-bond donors (Lipinski definition) is 1. The third-order valence-corrected chi connectivity index (χ3v) is 2.55. The maximum Gasteiger partial charge on any atom is 0.190 e. The number of halogens is 3. The van der Waals surface area contributed by atoms with E-state index in [1.165, 1.54) is 0 Å².